The lowest BCUT2D eigenvalue weighted by atomic mass is 9.70. The Kier molecular flexibility index (Phi) is 4.47. The summed E-state index contributed by atoms with van der Waals surface area (Å²) in [7, 11) is 0. The van der Waals surface area contributed by atoms with Crippen LogP contribution < -0.4 is 5.73 Å². The van der Waals surface area contributed by atoms with Crippen molar-refractivity contribution < 1.29 is 4.39 Å². The molecule has 2 aromatic carbocycles. The molecule has 0 aromatic heterocycles. The van der Waals surface area contributed by atoms with Gasteiger partial charge in [0.2, 0.25) is 0 Å². The predicted octanol–water partition coefficient (Wildman–Crippen LogP) is 6.42. The zero-order chi connectivity index (χ0) is 16.5. The number of halogens is 1. The first kappa shape index (κ1) is 15.9. The van der Waals surface area contributed by atoms with E-state index in [9.17, 15) is 4.39 Å². The summed E-state index contributed by atoms with van der Waals surface area (Å²) in [5.74, 6) is 2.29. The maximum Gasteiger partial charge on any atom is 0.146 e. The highest BCUT2D eigenvalue weighted by atomic mass is 19.1. The van der Waals surface area contributed by atoms with E-state index < -0.39 is 0 Å². The number of nitrogen functional groups attached to an aromatic ring is 1. The van der Waals surface area contributed by atoms with Crippen LogP contribution in [0.25, 0.3) is 10.8 Å². The van der Waals surface area contributed by atoms with Crippen molar-refractivity contribution in [2.75, 3.05) is 5.73 Å². The third-order valence-corrected chi connectivity index (χ3v) is 6.54. The first-order valence-electron chi connectivity index (χ1n) is 9.69. The Hall–Kier alpha value is -1.57. The standard InChI is InChI=1S/C22H28FN/c23-21-13-20-12-18(10-11-19(20)14-22(21)24)17-8-6-16(7-9-17)15-4-2-1-3-5-15/h10-17H,1-9,24H2. The van der Waals surface area contributed by atoms with E-state index in [4.69, 9.17) is 5.73 Å². The molecule has 128 valence electrons. The molecule has 0 unspecified atom stereocenters. The molecule has 0 radical (unpaired) electrons. The van der Waals surface area contributed by atoms with Crippen molar-refractivity contribution in [3.05, 3.63) is 41.7 Å². The average molecular weight is 325 g/mol. The average Bonchev–Trinajstić information content (AvgIpc) is 2.63. The molecule has 0 aliphatic heterocycles. The summed E-state index contributed by atoms with van der Waals surface area (Å²) < 4.78 is 13.8. The van der Waals surface area contributed by atoms with Crippen molar-refractivity contribution in [1.29, 1.82) is 0 Å². The second-order valence-electron chi connectivity index (χ2n) is 7.99. The van der Waals surface area contributed by atoms with Crippen molar-refractivity contribution in [1.82, 2.24) is 0 Å². The van der Waals surface area contributed by atoms with Gasteiger partial charge in [-0.15, -0.1) is 0 Å². The summed E-state index contributed by atoms with van der Waals surface area (Å²) in [6, 6.07) is 9.85. The van der Waals surface area contributed by atoms with Crippen molar-refractivity contribution >= 4 is 16.5 Å². The van der Waals surface area contributed by atoms with Gasteiger partial charge in [0.25, 0.3) is 0 Å². The van der Waals surface area contributed by atoms with Crippen molar-refractivity contribution in [2.45, 2.75) is 63.7 Å². The van der Waals surface area contributed by atoms with Crippen LogP contribution in [0.2, 0.25) is 0 Å². The summed E-state index contributed by atoms with van der Waals surface area (Å²) in [5.41, 5.74) is 7.30. The molecule has 0 heterocycles. The van der Waals surface area contributed by atoms with E-state index in [0.29, 0.717) is 5.92 Å². The molecule has 2 saturated carbocycles. The molecular formula is C22H28FN. The van der Waals surface area contributed by atoms with Crippen LogP contribution in [0.5, 0.6) is 0 Å². The molecule has 0 atom stereocenters. The number of hydrogen-bond donors (Lipinski definition) is 1. The monoisotopic (exact) mass is 325 g/mol. The molecular weight excluding hydrogens is 297 g/mol. The Morgan fingerprint density at radius 2 is 1.46 bits per heavy atom. The van der Waals surface area contributed by atoms with Gasteiger partial charge in [-0.05, 0) is 71.9 Å². The van der Waals surface area contributed by atoms with E-state index in [1.165, 1.54) is 63.4 Å². The second-order valence-corrected chi connectivity index (χ2v) is 7.99. The van der Waals surface area contributed by atoms with Gasteiger partial charge >= 0.3 is 0 Å². The predicted molar refractivity (Wildman–Crippen MR) is 99.6 cm³/mol. The summed E-state index contributed by atoms with van der Waals surface area (Å²) in [5, 5.41) is 2.02. The van der Waals surface area contributed by atoms with E-state index in [-0.39, 0.29) is 11.5 Å². The maximum atomic E-state index is 13.8. The van der Waals surface area contributed by atoms with Crippen LogP contribution >= 0.6 is 0 Å². The van der Waals surface area contributed by atoms with Crippen molar-refractivity contribution in [3.8, 4) is 0 Å². The van der Waals surface area contributed by atoms with E-state index in [2.05, 4.69) is 18.2 Å². The Morgan fingerprint density at radius 1 is 0.750 bits per heavy atom. The quantitative estimate of drug-likeness (QED) is 0.634. The van der Waals surface area contributed by atoms with Gasteiger partial charge in [-0.3, -0.25) is 0 Å². The van der Waals surface area contributed by atoms with E-state index in [1.54, 1.807) is 12.1 Å². The van der Waals surface area contributed by atoms with Gasteiger partial charge in [0.05, 0.1) is 5.69 Å². The molecule has 2 fully saturated rings. The summed E-state index contributed by atoms with van der Waals surface area (Å²) >= 11 is 0. The molecule has 2 aliphatic rings. The number of rotatable bonds is 2. The van der Waals surface area contributed by atoms with Crippen LogP contribution in [0.15, 0.2) is 30.3 Å². The van der Waals surface area contributed by atoms with Crippen LogP contribution in [0, 0.1) is 17.7 Å². The Bertz CT molecular complexity index is 709. The minimum absolute atomic E-state index is 0.239. The fourth-order valence-corrected chi connectivity index (χ4v) is 5.09. The minimum atomic E-state index is -0.305. The number of anilines is 1. The molecule has 1 nitrogen and oxygen atoms in total. The zero-order valence-corrected chi connectivity index (χ0v) is 14.4. The summed E-state index contributed by atoms with van der Waals surface area (Å²) in [4.78, 5) is 0. The Labute approximate surface area is 144 Å². The lowest BCUT2D eigenvalue weighted by molar-refractivity contribution is 0.186. The fourth-order valence-electron chi connectivity index (χ4n) is 5.09. The molecule has 4 rings (SSSR count). The van der Waals surface area contributed by atoms with Gasteiger partial charge in [0.15, 0.2) is 0 Å². The molecule has 2 aromatic rings. The SMILES string of the molecule is Nc1cc2ccc(C3CCC(C4CCCCC4)CC3)cc2cc1F. The second kappa shape index (κ2) is 6.74. The van der Waals surface area contributed by atoms with Crippen molar-refractivity contribution in [3.63, 3.8) is 0 Å². The molecule has 0 amide bonds. The molecule has 0 bridgehead atoms. The summed E-state index contributed by atoms with van der Waals surface area (Å²) in [6.45, 7) is 0. The maximum absolute atomic E-state index is 13.8. The van der Waals surface area contributed by atoms with Gasteiger partial charge in [0.1, 0.15) is 5.82 Å². The Morgan fingerprint density at radius 3 is 2.21 bits per heavy atom. The number of hydrogen-bond acceptors (Lipinski definition) is 1. The molecule has 2 N–H and O–H groups in total. The molecule has 24 heavy (non-hydrogen) atoms. The Balaban J connectivity index is 1.47. The first-order chi connectivity index (χ1) is 11.7. The van der Waals surface area contributed by atoms with Crippen LogP contribution in [0.3, 0.4) is 0 Å². The lowest BCUT2D eigenvalue weighted by Gasteiger charge is -2.36. The van der Waals surface area contributed by atoms with Gasteiger partial charge < -0.3 is 5.73 Å². The first-order valence-corrected chi connectivity index (χ1v) is 9.69. The highest BCUT2D eigenvalue weighted by Gasteiger charge is 2.29. The minimum Gasteiger partial charge on any atom is -0.396 e. The number of benzene rings is 2. The van der Waals surface area contributed by atoms with Crippen molar-refractivity contribution in [2.24, 2.45) is 11.8 Å². The third-order valence-electron chi connectivity index (χ3n) is 6.54. The smallest absolute Gasteiger partial charge is 0.146 e. The van der Waals surface area contributed by atoms with Crippen LogP contribution in [0.4, 0.5) is 10.1 Å². The topological polar surface area (TPSA) is 26.0 Å². The number of fused-ring (bicyclic) bond motifs is 1. The van der Waals surface area contributed by atoms with Gasteiger partial charge in [-0.1, -0.05) is 50.3 Å². The largest absolute Gasteiger partial charge is 0.396 e. The third kappa shape index (κ3) is 3.16. The normalized spacial score (nSPS) is 25.9. The summed E-state index contributed by atoms with van der Waals surface area (Å²) in [6.07, 6.45) is 12.6. The molecule has 0 spiro atoms. The van der Waals surface area contributed by atoms with Gasteiger partial charge in [-0.2, -0.15) is 0 Å². The van der Waals surface area contributed by atoms with E-state index >= 15 is 0 Å². The van der Waals surface area contributed by atoms with E-state index in [0.717, 1.165) is 22.6 Å². The van der Waals surface area contributed by atoms with Crippen LogP contribution in [-0.2, 0) is 0 Å². The molecule has 2 heteroatoms. The zero-order valence-electron chi connectivity index (χ0n) is 14.4. The van der Waals surface area contributed by atoms with Crippen LogP contribution in [0.1, 0.15) is 69.3 Å². The highest BCUT2D eigenvalue weighted by molar-refractivity contribution is 5.86. The van der Waals surface area contributed by atoms with Gasteiger partial charge in [0, 0.05) is 0 Å². The highest BCUT2D eigenvalue weighted by Crippen LogP contribution is 2.43. The lowest BCUT2D eigenvalue weighted by Crippen LogP contribution is -2.23. The van der Waals surface area contributed by atoms with E-state index in [1.807, 2.05) is 0 Å². The van der Waals surface area contributed by atoms with Crippen LogP contribution in [-0.4, -0.2) is 0 Å². The number of nitrogens with two attached hydrogens (primary N) is 1. The molecule has 2 aliphatic carbocycles. The van der Waals surface area contributed by atoms with Gasteiger partial charge in [-0.25, -0.2) is 4.39 Å². The molecule has 0 saturated heterocycles. The fraction of sp³-hybridized carbons (Fsp3) is 0.545.